The van der Waals surface area contributed by atoms with Gasteiger partial charge in [-0.1, -0.05) is 41.4 Å². The van der Waals surface area contributed by atoms with Gasteiger partial charge in [0.05, 0.1) is 17.1 Å². The van der Waals surface area contributed by atoms with E-state index in [1.165, 1.54) is 10.7 Å². The van der Waals surface area contributed by atoms with Crippen molar-refractivity contribution in [2.45, 2.75) is 25.3 Å². The predicted molar refractivity (Wildman–Crippen MR) is 110 cm³/mol. The highest BCUT2D eigenvalue weighted by molar-refractivity contribution is 7.89. The van der Waals surface area contributed by atoms with Gasteiger partial charge in [-0.05, 0) is 43.7 Å². The van der Waals surface area contributed by atoms with Crippen LogP contribution >= 0.6 is 11.6 Å². The summed E-state index contributed by atoms with van der Waals surface area (Å²) in [5.74, 6) is 0. The van der Waals surface area contributed by atoms with Crippen LogP contribution in [-0.4, -0.2) is 24.7 Å². The molecule has 0 saturated heterocycles. The molecular weight excluding hydrogens is 398 g/mol. The van der Waals surface area contributed by atoms with Gasteiger partial charge in [0.2, 0.25) is 10.0 Å². The van der Waals surface area contributed by atoms with E-state index in [-0.39, 0.29) is 23.5 Å². The van der Waals surface area contributed by atoms with Gasteiger partial charge in [0, 0.05) is 23.2 Å². The van der Waals surface area contributed by atoms with E-state index in [0.717, 1.165) is 11.1 Å². The molecule has 1 aromatic heterocycles. The molecule has 1 heterocycles. The van der Waals surface area contributed by atoms with Crippen LogP contribution in [0.25, 0.3) is 11.3 Å². The summed E-state index contributed by atoms with van der Waals surface area (Å²) >= 11 is 5.90. The highest BCUT2D eigenvalue weighted by Crippen LogP contribution is 2.18. The summed E-state index contributed by atoms with van der Waals surface area (Å²) in [5, 5.41) is 4.93. The molecule has 0 bridgehead atoms. The zero-order valence-corrected chi connectivity index (χ0v) is 17.1. The fourth-order valence-electron chi connectivity index (χ4n) is 2.85. The Kier molecular flexibility index (Phi) is 5.98. The van der Waals surface area contributed by atoms with Gasteiger partial charge in [-0.15, -0.1) is 0 Å². The third-order valence-corrected chi connectivity index (χ3v) is 6.12. The minimum atomic E-state index is -3.67. The Morgan fingerprint density at radius 3 is 2.43 bits per heavy atom. The minimum absolute atomic E-state index is 0.0482. The van der Waals surface area contributed by atoms with E-state index in [2.05, 4.69) is 9.82 Å². The maximum Gasteiger partial charge on any atom is 0.266 e. The number of benzene rings is 2. The van der Waals surface area contributed by atoms with Gasteiger partial charge in [-0.2, -0.15) is 5.10 Å². The van der Waals surface area contributed by atoms with E-state index >= 15 is 0 Å². The Labute approximate surface area is 168 Å². The first-order valence-electron chi connectivity index (χ1n) is 8.67. The van der Waals surface area contributed by atoms with E-state index in [0.29, 0.717) is 16.3 Å². The van der Waals surface area contributed by atoms with E-state index < -0.39 is 10.0 Å². The summed E-state index contributed by atoms with van der Waals surface area (Å²) in [4.78, 5) is 12.3. The molecule has 3 aromatic rings. The molecule has 3 rings (SSSR count). The summed E-state index contributed by atoms with van der Waals surface area (Å²) < 4.78 is 28.8. The van der Waals surface area contributed by atoms with Gasteiger partial charge in [-0.25, -0.2) is 17.8 Å². The lowest BCUT2D eigenvalue weighted by molar-refractivity contribution is 0.548. The van der Waals surface area contributed by atoms with Crippen LogP contribution in [0.15, 0.2) is 64.3 Å². The van der Waals surface area contributed by atoms with E-state index in [9.17, 15) is 13.2 Å². The van der Waals surface area contributed by atoms with Crippen LogP contribution in [0.3, 0.4) is 0 Å². The molecule has 8 heteroatoms. The number of nitrogens with zero attached hydrogens (tertiary/aromatic N) is 2. The van der Waals surface area contributed by atoms with Crippen LogP contribution in [0, 0.1) is 13.8 Å². The van der Waals surface area contributed by atoms with Crippen molar-refractivity contribution in [2.75, 3.05) is 6.54 Å². The fourth-order valence-corrected chi connectivity index (χ4v) is 4.22. The van der Waals surface area contributed by atoms with Crippen molar-refractivity contribution < 1.29 is 8.42 Å². The normalized spacial score (nSPS) is 11.5. The summed E-state index contributed by atoms with van der Waals surface area (Å²) in [6.07, 6.45) is 0. The number of nitrogens with one attached hydrogen (secondary N) is 1. The molecule has 0 aliphatic rings. The first kappa shape index (κ1) is 20.3. The molecule has 1 N–H and O–H groups in total. The Hall–Kier alpha value is -2.48. The van der Waals surface area contributed by atoms with Crippen molar-refractivity contribution >= 4 is 21.6 Å². The van der Waals surface area contributed by atoms with Crippen molar-refractivity contribution in [2.24, 2.45) is 0 Å². The molecule has 146 valence electrons. The molecule has 0 saturated carbocycles. The molecule has 28 heavy (non-hydrogen) atoms. The van der Waals surface area contributed by atoms with Gasteiger partial charge in [0.1, 0.15) is 0 Å². The number of sulfonamides is 1. The molecule has 6 nitrogen and oxygen atoms in total. The Bertz CT molecular complexity index is 1160. The van der Waals surface area contributed by atoms with E-state index in [1.807, 2.05) is 25.1 Å². The van der Waals surface area contributed by atoms with Crippen LogP contribution < -0.4 is 10.3 Å². The SMILES string of the molecule is Cc1ccc(S(=O)(=O)NCCn2nc(-c3ccc(Cl)cc3)ccc2=O)c(C)c1. The first-order valence-corrected chi connectivity index (χ1v) is 10.5. The highest BCUT2D eigenvalue weighted by Gasteiger charge is 2.16. The molecule has 0 fully saturated rings. The average molecular weight is 418 g/mol. The monoisotopic (exact) mass is 417 g/mol. The predicted octanol–water partition coefficient (Wildman–Crippen LogP) is 3.16. The topological polar surface area (TPSA) is 81.1 Å². The summed E-state index contributed by atoms with van der Waals surface area (Å²) in [6, 6.07) is 15.3. The van der Waals surface area contributed by atoms with Gasteiger partial charge >= 0.3 is 0 Å². The minimum Gasteiger partial charge on any atom is -0.268 e. The average Bonchev–Trinajstić information content (AvgIpc) is 2.63. The molecule has 0 unspecified atom stereocenters. The zero-order valence-electron chi connectivity index (χ0n) is 15.5. The van der Waals surface area contributed by atoms with Gasteiger partial charge in [0.25, 0.3) is 5.56 Å². The maximum absolute atomic E-state index is 12.5. The number of hydrogen-bond donors (Lipinski definition) is 1. The largest absolute Gasteiger partial charge is 0.268 e. The van der Waals surface area contributed by atoms with Crippen molar-refractivity contribution in [3.8, 4) is 11.3 Å². The molecule has 0 spiro atoms. The van der Waals surface area contributed by atoms with Crippen LogP contribution in [-0.2, 0) is 16.6 Å². The summed E-state index contributed by atoms with van der Waals surface area (Å²) in [5.41, 5.74) is 2.78. The molecule has 0 atom stereocenters. The van der Waals surface area contributed by atoms with Gasteiger partial charge in [0.15, 0.2) is 0 Å². The van der Waals surface area contributed by atoms with Gasteiger partial charge < -0.3 is 0 Å². The third-order valence-electron chi connectivity index (χ3n) is 4.24. The molecule has 0 amide bonds. The first-order chi connectivity index (χ1) is 13.3. The van der Waals surface area contributed by atoms with Crippen molar-refractivity contribution in [1.29, 1.82) is 0 Å². The fraction of sp³-hybridized carbons (Fsp3) is 0.200. The molecule has 2 aromatic carbocycles. The second kappa shape index (κ2) is 8.26. The second-order valence-electron chi connectivity index (χ2n) is 6.45. The Morgan fingerprint density at radius 1 is 1.04 bits per heavy atom. The van der Waals surface area contributed by atoms with E-state index in [1.54, 1.807) is 37.3 Å². The quantitative estimate of drug-likeness (QED) is 0.668. The molecule has 0 aliphatic heterocycles. The number of aryl methyl sites for hydroxylation is 2. The maximum atomic E-state index is 12.5. The molecule has 0 radical (unpaired) electrons. The second-order valence-corrected chi connectivity index (χ2v) is 8.63. The Balaban J connectivity index is 1.74. The highest BCUT2D eigenvalue weighted by atomic mass is 35.5. The van der Waals surface area contributed by atoms with Crippen LogP contribution in [0.1, 0.15) is 11.1 Å². The number of aromatic nitrogens is 2. The molecule has 0 aliphatic carbocycles. The lowest BCUT2D eigenvalue weighted by Crippen LogP contribution is -2.32. The van der Waals surface area contributed by atoms with Gasteiger partial charge in [-0.3, -0.25) is 4.79 Å². The third kappa shape index (κ3) is 4.67. The standard InChI is InChI=1S/C20H20ClN3O3S/c1-14-3-9-19(15(2)13-14)28(26,27)22-11-12-24-20(25)10-8-18(23-24)16-4-6-17(21)7-5-16/h3-10,13,22H,11-12H2,1-2H3. The summed E-state index contributed by atoms with van der Waals surface area (Å²) in [7, 11) is -3.67. The van der Waals surface area contributed by atoms with Crippen molar-refractivity contribution in [3.63, 3.8) is 0 Å². The lowest BCUT2D eigenvalue weighted by Gasteiger charge is -2.11. The molecular formula is C20H20ClN3O3S. The number of rotatable bonds is 6. The summed E-state index contributed by atoms with van der Waals surface area (Å²) in [6.45, 7) is 3.82. The van der Waals surface area contributed by atoms with Crippen LogP contribution in [0.2, 0.25) is 5.02 Å². The van der Waals surface area contributed by atoms with E-state index in [4.69, 9.17) is 11.6 Å². The Morgan fingerprint density at radius 2 is 1.75 bits per heavy atom. The smallest absolute Gasteiger partial charge is 0.266 e. The van der Waals surface area contributed by atoms with Crippen LogP contribution in [0.4, 0.5) is 0 Å². The number of hydrogen-bond acceptors (Lipinski definition) is 4. The van der Waals surface area contributed by atoms with Crippen molar-refractivity contribution in [3.05, 3.63) is 81.1 Å². The lowest BCUT2D eigenvalue weighted by atomic mass is 10.1. The zero-order chi connectivity index (χ0) is 20.3. The van der Waals surface area contributed by atoms with Crippen LogP contribution in [0.5, 0.6) is 0 Å². The number of halogens is 1. The van der Waals surface area contributed by atoms with Crippen molar-refractivity contribution in [1.82, 2.24) is 14.5 Å².